The fraction of sp³-hybridized carbons (Fsp3) is 0.222. The Bertz CT molecular complexity index is 819. The summed E-state index contributed by atoms with van der Waals surface area (Å²) >= 11 is 5.77. The van der Waals surface area contributed by atoms with Crippen LogP contribution in [0.2, 0.25) is 5.02 Å². The fourth-order valence-corrected chi connectivity index (χ4v) is 2.15. The molecule has 0 saturated carbocycles. The molecule has 0 aliphatic carbocycles. The monoisotopic (exact) mass is 376 g/mol. The van der Waals surface area contributed by atoms with Gasteiger partial charge in [0.25, 0.3) is 5.69 Å². The molecule has 2 aromatic carbocycles. The van der Waals surface area contributed by atoms with Crippen LogP contribution in [0.1, 0.15) is 19.4 Å². The van der Waals surface area contributed by atoms with Crippen molar-refractivity contribution in [2.45, 2.75) is 20.0 Å². The number of hydrogen-bond donors (Lipinski definition) is 0. The van der Waals surface area contributed by atoms with Crippen LogP contribution in [0.3, 0.4) is 0 Å². The van der Waals surface area contributed by atoms with Gasteiger partial charge in [0.15, 0.2) is 6.61 Å². The molecule has 26 heavy (non-hydrogen) atoms. The van der Waals surface area contributed by atoms with Crippen LogP contribution in [0.4, 0.5) is 11.4 Å². The molecule has 0 heterocycles. The number of rotatable bonds is 7. The molecule has 0 unspecified atom stereocenters. The molecule has 7 nitrogen and oxygen atoms in total. The van der Waals surface area contributed by atoms with Gasteiger partial charge in [-0.1, -0.05) is 11.6 Å². The number of aliphatic imine (C=N–C) groups is 1. The summed E-state index contributed by atoms with van der Waals surface area (Å²) in [6.45, 7) is 3.36. The number of nitro groups is 1. The molecule has 136 valence electrons. The van der Waals surface area contributed by atoms with Crippen molar-refractivity contribution < 1.29 is 19.2 Å². The zero-order chi connectivity index (χ0) is 19.1. The van der Waals surface area contributed by atoms with Crippen LogP contribution in [-0.2, 0) is 9.53 Å². The Morgan fingerprint density at radius 2 is 1.96 bits per heavy atom. The maximum Gasteiger partial charge on any atom is 0.344 e. The van der Waals surface area contributed by atoms with Gasteiger partial charge in [-0.3, -0.25) is 15.1 Å². The van der Waals surface area contributed by atoms with E-state index in [0.29, 0.717) is 11.4 Å². The van der Waals surface area contributed by atoms with E-state index in [0.717, 1.165) is 5.56 Å². The molecule has 0 atom stereocenters. The molecular weight excluding hydrogens is 360 g/mol. The number of hydrogen-bond acceptors (Lipinski definition) is 6. The lowest BCUT2D eigenvalue weighted by atomic mass is 10.2. The average molecular weight is 377 g/mol. The van der Waals surface area contributed by atoms with Gasteiger partial charge in [-0.2, -0.15) is 0 Å². The molecule has 2 rings (SSSR count). The summed E-state index contributed by atoms with van der Waals surface area (Å²) < 4.78 is 10.3. The number of carbonyl (C=O) groups excluding carboxylic acids is 1. The summed E-state index contributed by atoms with van der Waals surface area (Å²) in [5.74, 6) is 0.0833. The number of halogens is 1. The van der Waals surface area contributed by atoms with Gasteiger partial charge in [0, 0.05) is 12.3 Å². The van der Waals surface area contributed by atoms with E-state index in [-0.39, 0.29) is 23.4 Å². The number of benzene rings is 2. The largest absolute Gasteiger partial charge is 0.482 e. The summed E-state index contributed by atoms with van der Waals surface area (Å²) in [5, 5.41) is 10.9. The topological polar surface area (TPSA) is 91.0 Å². The van der Waals surface area contributed by atoms with E-state index in [1.54, 1.807) is 50.4 Å². The molecular formula is C18H17ClN2O5. The number of esters is 1. The van der Waals surface area contributed by atoms with Crippen LogP contribution in [0, 0.1) is 10.1 Å². The molecule has 8 heteroatoms. The molecule has 0 radical (unpaired) electrons. The highest BCUT2D eigenvalue weighted by molar-refractivity contribution is 6.32. The Labute approximate surface area is 155 Å². The van der Waals surface area contributed by atoms with Crippen LogP contribution in [0.25, 0.3) is 0 Å². The van der Waals surface area contributed by atoms with E-state index in [2.05, 4.69) is 4.99 Å². The second-order valence-electron chi connectivity index (χ2n) is 5.55. The summed E-state index contributed by atoms with van der Waals surface area (Å²) in [6, 6.07) is 11.2. The third kappa shape index (κ3) is 5.86. The Morgan fingerprint density at radius 1 is 1.27 bits per heavy atom. The molecule has 0 aliphatic heterocycles. The van der Waals surface area contributed by atoms with E-state index in [4.69, 9.17) is 21.1 Å². The number of nitrogens with zero attached hydrogens (tertiary/aromatic N) is 2. The third-order valence-corrected chi connectivity index (χ3v) is 3.41. The van der Waals surface area contributed by atoms with E-state index < -0.39 is 10.9 Å². The predicted molar refractivity (Wildman–Crippen MR) is 98.5 cm³/mol. The average Bonchev–Trinajstić information content (AvgIpc) is 2.59. The first-order chi connectivity index (χ1) is 12.3. The van der Waals surface area contributed by atoms with Gasteiger partial charge in [0.1, 0.15) is 10.8 Å². The quantitative estimate of drug-likeness (QED) is 0.310. The van der Waals surface area contributed by atoms with Crippen molar-refractivity contribution in [3.05, 3.63) is 63.2 Å². The van der Waals surface area contributed by atoms with Crippen molar-refractivity contribution in [3.63, 3.8) is 0 Å². The number of nitro benzene ring substituents is 1. The van der Waals surface area contributed by atoms with Crippen LogP contribution in [-0.4, -0.2) is 29.8 Å². The van der Waals surface area contributed by atoms with E-state index in [9.17, 15) is 14.9 Å². The Morgan fingerprint density at radius 3 is 2.58 bits per heavy atom. The molecule has 0 bridgehead atoms. The summed E-state index contributed by atoms with van der Waals surface area (Å²) in [4.78, 5) is 25.9. The van der Waals surface area contributed by atoms with E-state index in [1.807, 2.05) is 0 Å². The molecule has 0 aromatic heterocycles. The zero-order valence-electron chi connectivity index (χ0n) is 14.2. The van der Waals surface area contributed by atoms with Crippen molar-refractivity contribution in [1.82, 2.24) is 0 Å². The van der Waals surface area contributed by atoms with Crippen LogP contribution < -0.4 is 4.74 Å². The van der Waals surface area contributed by atoms with Gasteiger partial charge in [0.2, 0.25) is 0 Å². The minimum absolute atomic E-state index is 0.0615. The van der Waals surface area contributed by atoms with Gasteiger partial charge in [-0.15, -0.1) is 0 Å². The first-order valence-electron chi connectivity index (χ1n) is 7.75. The predicted octanol–water partition coefficient (Wildman–Crippen LogP) is 4.33. The summed E-state index contributed by atoms with van der Waals surface area (Å²) in [6.07, 6.45) is 1.37. The van der Waals surface area contributed by atoms with Crippen molar-refractivity contribution in [2.24, 2.45) is 4.99 Å². The lowest BCUT2D eigenvalue weighted by Gasteiger charge is -2.09. The second-order valence-corrected chi connectivity index (χ2v) is 5.95. The smallest absolute Gasteiger partial charge is 0.344 e. The van der Waals surface area contributed by atoms with E-state index >= 15 is 0 Å². The Kier molecular flexibility index (Phi) is 6.68. The van der Waals surface area contributed by atoms with Gasteiger partial charge in [0.05, 0.1) is 16.7 Å². The highest BCUT2D eigenvalue weighted by Gasteiger charge is 2.12. The second kappa shape index (κ2) is 8.96. The standard InChI is InChI=1S/C18H17ClN2O5/c1-12(2)26-18(22)11-25-15-6-3-13(4-7-15)10-20-14-5-8-16(19)17(9-14)21(23)24/h3-10,12H,11H2,1-2H3. The maximum atomic E-state index is 11.4. The van der Waals surface area contributed by atoms with Crippen LogP contribution >= 0.6 is 11.6 Å². The highest BCUT2D eigenvalue weighted by atomic mass is 35.5. The SMILES string of the molecule is CC(C)OC(=O)COc1ccc(C=Nc2ccc(Cl)c([N+](=O)[O-])c2)cc1. The fourth-order valence-electron chi connectivity index (χ4n) is 1.96. The zero-order valence-corrected chi connectivity index (χ0v) is 15.0. The summed E-state index contributed by atoms with van der Waals surface area (Å²) in [5.41, 5.74) is 0.982. The lowest BCUT2D eigenvalue weighted by molar-refractivity contribution is -0.384. The maximum absolute atomic E-state index is 11.4. The van der Waals surface area contributed by atoms with Crippen molar-refractivity contribution in [1.29, 1.82) is 0 Å². The Balaban J connectivity index is 1.98. The minimum atomic E-state index is -0.558. The normalized spacial score (nSPS) is 10.9. The first kappa shape index (κ1) is 19.4. The van der Waals surface area contributed by atoms with Crippen molar-refractivity contribution in [3.8, 4) is 5.75 Å². The van der Waals surface area contributed by atoms with Crippen LogP contribution in [0.5, 0.6) is 5.75 Å². The third-order valence-electron chi connectivity index (χ3n) is 3.09. The molecule has 2 aromatic rings. The van der Waals surface area contributed by atoms with Gasteiger partial charge >= 0.3 is 5.97 Å². The molecule has 0 spiro atoms. The van der Waals surface area contributed by atoms with E-state index in [1.165, 1.54) is 12.1 Å². The molecule has 0 amide bonds. The van der Waals surface area contributed by atoms with Crippen molar-refractivity contribution >= 4 is 35.2 Å². The van der Waals surface area contributed by atoms with Gasteiger partial charge < -0.3 is 9.47 Å². The number of ether oxygens (including phenoxy) is 2. The Hall–Kier alpha value is -2.93. The lowest BCUT2D eigenvalue weighted by Crippen LogP contribution is -2.18. The van der Waals surface area contributed by atoms with Gasteiger partial charge in [-0.25, -0.2) is 4.79 Å². The molecule has 0 fully saturated rings. The molecule has 0 aliphatic rings. The van der Waals surface area contributed by atoms with Gasteiger partial charge in [-0.05, 0) is 55.8 Å². The minimum Gasteiger partial charge on any atom is -0.482 e. The summed E-state index contributed by atoms with van der Waals surface area (Å²) in [7, 11) is 0. The van der Waals surface area contributed by atoms with Crippen molar-refractivity contribution in [2.75, 3.05) is 6.61 Å². The molecule has 0 saturated heterocycles. The molecule has 0 N–H and O–H groups in total. The number of carbonyl (C=O) groups is 1. The van der Waals surface area contributed by atoms with Crippen LogP contribution in [0.15, 0.2) is 47.5 Å². The first-order valence-corrected chi connectivity index (χ1v) is 8.13. The highest BCUT2D eigenvalue weighted by Crippen LogP contribution is 2.28.